The number of urea groups is 1. The third-order valence-electron chi connectivity index (χ3n) is 7.00. The molecule has 0 radical (unpaired) electrons. The number of amides is 4. The van der Waals surface area contributed by atoms with Gasteiger partial charge in [0.2, 0.25) is 5.91 Å². The average molecular weight is 425 g/mol. The van der Waals surface area contributed by atoms with Crippen molar-refractivity contribution < 1.29 is 14.4 Å². The lowest BCUT2D eigenvalue weighted by Gasteiger charge is -2.40. The number of rotatable bonds is 5. The molecule has 0 unspecified atom stereocenters. The zero-order chi connectivity index (χ0) is 22.2. The Hall–Kier alpha value is -2.83. The molecule has 4 rings (SSSR count). The van der Waals surface area contributed by atoms with E-state index in [0.717, 1.165) is 34.2 Å². The Morgan fingerprint density at radius 2 is 1.90 bits per heavy atom. The van der Waals surface area contributed by atoms with E-state index in [1.807, 2.05) is 30.5 Å². The Morgan fingerprint density at radius 1 is 1.19 bits per heavy atom. The maximum Gasteiger partial charge on any atom is 0.325 e. The molecule has 2 aromatic rings. The number of fused-ring (bicyclic) bond motifs is 1. The molecule has 2 heterocycles. The highest BCUT2D eigenvalue weighted by molar-refractivity contribution is 6.09. The molecule has 7 heteroatoms. The number of aromatic nitrogens is 1. The summed E-state index contributed by atoms with van der Waals surface area (Å²) in [6, 6.07) is 7.57. The average Bonchev–Trinajstić information content (AvgIpc) is 3.23. The van der Waals surface area contributed by atoms with Gasteiger partial charge in [0.05, 0.1) is 0 Å². The van der Waals surface area contributed by atoms with Crippen LogP contribution in [0.5, 0.6) is 0 Å². The molecule has 1 aliphatic carbocycles. The van der Waals surface area contributed by atoms with Crippen molar-refractivity contribution in [3.63, 3.8) is 0 Å². The predicted molar refractivity (Wildman–Crippen MR) is 119 cm³/mol. The maximum absolute atomic E-state index is 13.1. The Morgan fingerprint density at radius 3 is 2.61 bits per heavy atom. The molecule has 1 spiro atoms. The first kappa shape index (κ1) is 21.4. The van der Waals surface area contributed by atoms with Gasteiger partial charge in [-0.25, -0.2) is 4.79 Å². The van der Waals surface area contributed by atoms with Gasteiger partial charge in [0.1, 0.15) is 12.1 Å². The minimum Gasteiger partial charge on any atom is -0.361 e. The van der Waals surface area contributed by atoms with Crippen molar-refractivity contribution >= 4 is 28.7 Å². The number of benzene rings is 1. The van der Waals surface area contributed by atoms with E-state index in [1.54, 1.807) is 0 Å². The van der Waals surface area contributed by atoms with Gasteiger partial charge in [-0.15, -0.1) is 0 Å². The fraction of sp³-hybridized carbons (Fsp3) is 0.542. The van der Waals surface area contributed by atoms with Crippen LogP contribution in [0.3, 0.4) is 0 Å². The number of carbonyl (C=O) groups is 3. The van der Waals surface area contributed by atoms with Crippen LogP contribution in [-0.2, 0) is 16.0 Å². The lowest BCUT2D eigenvalue weighted by Crippen LogP contribution is -2.51. The molecule has 1 aromatic carbocycles. The second kappa shape index (κ2) is 8.02. The first-order chi connectivity index (χ1) is 14.7. The van der Waals surface area contributed by atoms with Crippen LogP contribution < -0.4 is 10.6 Å². The van der Waals surface area contributed by atoms with Crippen LogP contribution in [0.2, 0.25) is 0 Å². The van der Waals surface area contributed by atoms with Crippen LogP contribution in [0, 0.1) is 11.3 Å². The highest BCUT2D eigenvalue weighted by atomic mass is 16.2. The summed E-state index contributed by atoms with van der Waals surface area (Å²) in [5.74, 6) is -0.0369. The monoisotopic (exact) mass is 424 g/mol. The van der Waals surface area contributed by atoms with E-state index in [1.165, 1.54) is 0 Å². The molecule has 0 bridgehead atoms. The molecule has 2 fully saturated rings. The van der Waals surface area contributed by atoms with E-state index >= 15 is 0 Å². The topological polar surface area (TPSA) is 94.3 Å². The van der Waals surface area contributed by atoms with Crippen LogP contribution in [0.4, 0.5) is 4.79 Å². The summed E-state index contributed by atoms with van der Waals surface area (Å²) in [6.07, 6.45) is 5.71. The Kier molecular flexibility index (Phi) is 5.54. The first-order valence-electron chi connectivity index (χ1n) is 11.2. The third-order valence-corrected chi connectivity index (χ3v) is 7.00. The lowest BCUT2D eigenvalue weighted by atomic mass is 9.67. The molecule has 4 amide bonds. The summed E-state index contributed by atoms with van der Waals surface area (Å²) in [5, 5.41) is 6.88. The van der Waals surface area contributed by atoms with Gasteiger partial charge in [-0.1, -0.05) is 39.0 Å². The number of nitrogens with zero attached hydrogens (tertiary/aromatic N) is 1. The van der Waals surface area contributed by atoms with Crippen molar-refractivity contribution in [2.24, 2.45) is 11.3 Å². The molecular weight excluding hydrogens is 392 g/mol. The van der Waals surface area contributed by atoms with E-state index in [2.05, 4.69) is 36.4 Å². The number of nitrogens with one attached hydrogen (secondary N) is 3. The van der Waals surface area contributed by atoms with Crippen molar-refractivity contribution in [1.82, 2.24) is 20.5 Å². The van der Waals surface area contributed by atoms with Gasteiger partial charge in [0.15, 0.2) is 0 Å². The van der Waals surface area contributed by atoms with E-state index < -0.39 is 11.6 Å². The maximum atomic E-state index is 13.1. The van der Waals surface area contributed by atoms with E-state index in [-0.39, 0.29) is 23.8 Å². The molecule has 7 nitrogen and oxygen atoms in total. The zero-order valence-electron chi connectivity index (χ0n) is 18.6. The van der Waals surface area contributed by atoms with Crippen molar-refractivity contribution in [2.45, 2.75) is 58.4 Å². The molecule has 1 saturated heterocycles. The Balaban J connectivity index is 1.30. The Bertz CT molecular complexity index is 996. The normalized spacial score (nSPS) is 24.1. The highest BCUT2D eigenvalue weighted by Gasteiger charge is 2.53. The van der Waals surface area contributed by atoms with E-state index in [9.17, 15) is 14.4 Å². The molecule has 2 aliphatic rings. The number of carbonyl (C=O) groups excluding carboxylic acids is 3. The van der Waals surface area contributed by atoms with Gasteiger partial charge in [-0.2, -0.15) is 0 Å². The van der Waals surface area contributed by atoms with Gasteiger partial charge in [0, 0.05) is 23.6 Å². The summed E-state index contributed by atoms with van der Waals surface area (Å²) in [5.41, 5.74) is 1.55. The van der Waals surface area contributed by atoms with Gasteiger partial charge < -0.3 is 15.6 Å². The predicted octanol–water partition coefficient (Wildman–Crippen LogP) is 3.35. The highest BCUT2D eigenvalue weighted by Crippen LogP contribution is 2.43. The second-order valence-electron chi connectivity index (χ2n) is 10.0. The molecular formula is C24H32N4O3. The summed E-state index contributed by atoms with van der Waals surface area (Å²) >= 11 is 0. The fourth-order valence-electron chi connectivity index (χ4n) is 5.01. The van der Waals surface area contributed by atoms with Gasteiger partial charge in [-0.3, -0.25) is 14.5 Å². The number of hydrogen-bond donors (Lipinski definition) is 3. The van der Waals surface area contributed by atoms with Crippen molar-refractivity contribution in [3.05, 3.63) is 36.0 Å². The number of imide groups is 1. The van der Waals surface area contributed by atoms with Gasteiger partial charge in [0.25, 0.3) is 5.91 Å². The minimum absolute atomic E-state index is 0.192. The number of H-pyrrole nitrogens is 1. The van der Waals surface area contributed by atoms with Crippen LogP contribution in [0.1, 0.15) is 52.0 Å². The van der Waals surface area contributed by atoms with Crippen LogP contribution in [0.25, 0.3) is 10.9 Å². The first-order valence-corrected chi connectivity index (χ1v) is 11.2. The molecule has 1 aromatic heterocycles. The molecule has 166 valence electrons. The van der Waals surface area contributed by atoms with Crippen molar-refractivity contribution in [2.75, 3.05) is 13.1 Å². The zero-order valence-corrected chi connectivity index (χ0v) is 18.6. The minimum atomic E-state index is -0.830. The molecule has 3 N–H and O–H groups in total. The summed E-state index contributed by atoms with van der Waals surface area (Å²) < 4.78 is 0. The molecule has 1 aliphatic heterocycles. The summed E-state index contributed by atoms with van der Waals surface area (Å²) in [7, 11) is 0. The smallest absolute Gasteiger partial charge is 0.325 e. The third kappa shape index (κ3) is 4.18. The SMILES string of the molecule is CC(C)(C)C1CCC2(CC1)NC(=O)N(CC(=O)NCCc1c[nH]c3ccccc13)C2=O. The number of para-hydroxylation sites is 1. The summed E-state index contributed by atoms with van der Waals surface area (Å²) in [6.45, 7) is 6.87. The number of hydrogen-bond acceptors (Lipinski definition) is 3. The van der Waals surface area contributed by atoms with Crippen LogP contribution in [0.15, 0.2) is 30.5 Å². The lowest BCUT2D eigenvalue weighted by molar-refractivity contribution is -0.136. The van der Waals surface area contributed by atoms with Crippen LogP contribution >= 0.6 is 0 Å². The fourth-order valence-corrected chi connectivity index (χ4v) is 5.01. The van der Waals surface area contributed by atoms with Crippen molar-refractivity contribution in [3.8, 4) is 0 Å². The number of aromatic amines is 1. The molecule has 31 heavy (non-hydrogen) atoms. The summed E-state index contributed by atoms with van der Waals surface area (Å²) in [4.78, 5) is 42.3. The molecule has 1 saturated carbocycles. The van der Waals surface area contributed by atoms with E-state index in [0.29, 0.717) is 31.7 Å². The second-order valence-corrected chi connectivity index (χ2v) is 10.0. The van der Waals surface area contributed by atoms with E-state index in [4.69, 9.17) is 0 Å². The standard InChI is InChI=1S/C24H32N4O3/c1-23(2,3)17-8-11-24(12-9-17)21(30)28(22(31)27-24)15-20(29)25-13-10-16-14-26-19-7-5-4-6-18(16)19/h4-7,14,17,26H,8-13,15H2,1-3H3,(H,25,29)(H,27,31). The molecule has 0 atom stereocenters. The largest absolute Gasteiger partial charge is 0.361 e. The van der Waals surface area contributed by atoms with Gasteiger partial charge >= 0.3 is 6.03 Å². The Labute approximate surface area is 182 Å². The quantitative estimate of drug-likeness (QED) is 0.643. The van der Waals surface area contributed by atoms with Gasteiger partial charge in [-0.05, 0) is 55.1 Å². The van der Waals surface area contributed by atoms with Crippen LogP contribution in [-0.4, -0.2) is 46.4 Å². The van der Waals surface area contributed by atoms with Crippen molar-refractivity contribution in [1.29, 1.82) is 0 Å².